The molecule has 1 nitrogen and oxygen atoms in total. The molecule has 0 N–H and O–H groups in total. The van der Waals surface area contributed by atoms with Crippen molar-refractivity contribution in [1.29, 1.82) is 0 Å². The maximum absolute atomic E-state index is 12.1. The Kier molecular flexibility index (Phi) is 2.24. The van der Waals surface area contributed by atoms with E-state index in [0.29, 0.717) is 6.54 Å². The van der Waals surface area contributed by atoms with Crippen LogP contribution in [0.5, 0.6) is 0 Å². The van der Waals surface area contributed by atoms with Crippen molar-refractivity contribution >= 4 is 0 Å². The predicted octanol–water partition coefficient (Wildman–Crippen LogP) is 1.45. The van der Waals surface area contributed by atoms with Crippen molar-refractivity contribution in [2.75, 3.05) is 20.1 Å². The SMILES string of the molecule is C[C@H]1CN(C)C[C@@H]1C(F)F. The molecule has 1 rings (SSSR count). The summed E-state index contributed by atoms with van der Waals surface area (Å²) in [6, 6.07) is 0. The summed E-state index contributed by atoms with van der Waals surface area (Å²) in [5.74, 6) is -0.241. The Bertz CT molecular complexity index is 116. The molecular weight excluding hydrogens is 136 g/mol. The number of alkyl halides is 2. The minimum atomic E-state index is -2.14. The highest BCUT2D eigenvalue weighted by atomic mass is 19.3. The topological polar surface area (TPSA) is 3.24 Å². The van der Waals surface area contributed by atoms with E-state index in [-0.39, 0.29) is 5.92 Å². The fourth-order valence-corrected chi connectivity index (χ4v) is 1.57. The largest absolute Gasteiger partial charge is 0.306 e. The monoisotopic (exact) mass is 149 g/mol. The zero-order chi connectivity index (χ0) is 7.72. The molecular formula is C7H13F2N. The van der Waals surface area contributed by atoms with Crippen LogP contribution in [0.1, 0.15) is 6.92 Å². The summed E-state index contributed by atoms with van der Waals surface area (Å²) in [4.78, 5) is 1.96. The number of hydrogen-bond donors (Lipinski definition) is 0. The first-order valence-electron chi connectivity index (χ1n) is 3.58. The predicted molar refractivity (Wildman–Crippen MR) is 36.2 cm³/mol. The molecule has 1 fully saturated rings. The first-order valence-corrected chi connectivity index (χ1v) is 3.58. The third-order valence-electron chi connectivity index (χ3n) is 2.18. The van der Waals surface area contributed by atoms with E-state index in [2.05, 4.69) is 0 Å². The molecule has 0 bridgehead atoms. The molecule has 0 unspecified atom stereocenters. The maximum atomic E-state index is 12.1. The summed E-state index contributed by atoms with van der Waals surface area (Å²) in [6.07, 6.45) is -2.14. The Balaban J connectivity index is 2.46. The Labute approximate surface area is 60.0 Å². The van der Waals surface area contributed by atoms with E-state index in [0.717, 1.165) is 6.54 Å². The average molecular weight is 149 g/mol. The number of nitrogens with zero attached hydrogens (tertiary/aromatic N) is 1. The second-order valence-electron chi connectivity index (χ2n) is 3.20. The average Bonchev–Trinajstić information content (AvgIpc) is 2.10. The van der Waals surface area contributed by atoms with Gasteiger partial charge in [-0.25, -0.2) is 8.78 Å². The van der Waals surface area contributed by atoms with E-state index in [4.69, 9.17) is 0 Å². The standard InChI is InChI=1S/C7H13F2N/c1-5-3-10(2)4-6(5)7(8)9/h5-7H,3-4H2,1-2H3/t5-,6-/m0/s1. The molecule has 0 aromatic rings. The number of rotatable bonds is 1. The molecule has 3 heteroatoms. The van der Waals surface area contributed by atoms with Gasteiger partial charge in [0.2, 0.25) is 6.43 Å². The normalized spacial score (nSPS) is 35.7. The molecule has 1 heterocycles. The third-order valence-corrected chi connectivity index (χ3v) is 2.18. The molecule has 0 aromatic heterocycles. The fraction of sp³-hybridized carbons (Fsp3) is 1.00. The van der Waals surface area contributed by atoms with Crippen molar-refractivity contribution in [3.05, 3.63) is 0 Å². The van der Waals surface area contributed by atoms with Crippen LogP contribution in [0.3, 0.4) is 0 Å². The zero-order valence-electron chi connectivity index (χ0n) is 6.35. The van der Waals surface area contributed by atoms with E-state index in [1.807, 2.05) is 18.9 Å². The Morgan fingerprint density at radius 3 is 2.20 bits per heavy atom. The molecule has 0 aliphatic carbocycles. The Hall–Kier alpha value is -0.180. The van der Waals surface area contributed by atoms with Crippen LogP contribution in [-0.2, 0) is 0 Å². The summed E-state index contributed by atoms with van der Waals surface area (Å²) < 4.78 is 24.3. The lowest BCUT2D eigenvalue weighted by Crippen LogP contribution is -2.19. The van der Waals surface area contributed by atoms with Crippen LogP contribution in [0.25, 0.3) is 0 Å². The van der Waals surface area contributed by atoms with Crippen LogP contribution in [0.15, 0.2) is 0 Å². The number of hydrogen-bond acceptors (Lipinski definition) is 1. The highest BCUT2D eigenvalue weighted by Gasteiger charge is 2.33. The summed E-state index contributed by atoms with van der Waals surface area (Å²) >= 11 is 0. The third kappa shape index (κ3) is 1.45. The highest BCUT2D eigenvalue weighted by Crippen LogP contribution is 2.26. The lowest BCUT2D eigenvalue weighted by Gasteiger charge is -2.11. The van der Waals surface area contributed by atoms with E-state index >= 15 is 0 Å². The van der Waals surface area contributed by atoms with E-state index in [9.17, 15) is 8.78 Å². The van der Waals surface area contributed by atoms with Gasteiger partial charge in [0, 0.05) is 19.0 Å². The van der Waals surface area contributed by atoms with Crippen molar-refractivity contribution in [3.8, 4) is 0 Å². The second-order valence-corrected chi connectivity index (χ2v) is 3.20. The van der Waals surface area contributed by atoms with Crippen LogP contribution in [0, 0.1) is 11.8 Å². The minimum Gasteiger partial charge on any atom is -0.306 e. The van der Waals surface area contributed by atoms with Crippen LogP contribution in [-0.4, -0.2) is 31.5 Å². The Morgan fingerprint density at radius 2 is 2.00 bits per heavy atom. The van der Waals surface area contributed by atoms with Crippen molar-refractivity contribution in [1.82, 2.24) is 4.90 Å². The summed E-state index contributed by atoms with van der Waals surface area (Å²) in [6.45, 7) is 3.26. The van der Waals surface area contributed by atoms with Crippen LogP contribution in [0.4, 0.5) is 8.78 Å². The molecule has 10 heavy (non-hydrogen) atoms. The van der Waals surface area contributed by atoms with Crippen LogP contribution >= 0.6 is 0 Å². The van der Waals surface area contributed by atoms with Crippen LogP contribution in [0.2, 0.25) is 0 Å². The molecule has 1 aliphatic rings. The lowest BCUT2D eigenvalue weighted by molar-refractivity contribution is 0.0657. The Morgan fingerprint density at radius 1 is 1.40 bits per heavy atom. The van der Waals surface area contributed by atoms with Crippen LogP contribution < -0.4 is 0 Å². The van der Waals surface area contributed by atoms with Gasteiger partial charge in [0.25, 0.3) is 0 Å². The lowest BCUT2D eigenvalue weighted by atomic mass is 9.99. The van der Waals surface area contributed by atoms with Gasteiger partial charge in [0.05, 0.1) is 0 Å². The highest BCUT2D eigenvalue weighted by molar-refractivity contribution is 4.80. The first kappa shape index (κ1) is 7.92. The van der Waals surface area contributed by atoms with E-state index < -0.39 is 12.3 Å². The van der Waals surface area contributed by atoms with E-state index in [1.54, 1.807) is 0 Å². The molecule has 1 aliphatic heterocycles. The van der Waals surface area contributed by atoms with Gasteiger partial charge in [-0.3, -0.25) is 0 Å². The molecule has 1 saturated heterocycles. The zero-order valence-corrected chi connectivity index (χ0v) is 6.35. The van der Waals surface area contributed by atoms with Gasteiger partial charge < -0.3 is 4.90 Å². The fourth-order valence-electron chi connectivity index (χ4n) is 1.57. The molecule has 0 spiro atoms. The molecule has 0 saturated carbocycles. The van der Waals surface area contributed by atoms with Crippen molar-refractivity contribution in [2.45, 2.75) is 13.3 Å². The van der Waals surface area contributed by atoms with Gasteiger partial charge in [-0.2, -0.15) is 0 Å². The minimum absolute atomic E-state index is 0.157. The maximum Gasteiger partial charge on any atom is 0.242 e. The molecule has 0 amide bonds. The van der Waals surface area contributed by atoms with Crippen molar-refractivity contribution < 1.29 is 8.78 Å². The van der Waals surface area contributed by atoms with Gasteiger partial charge in [-0.1, -0.05) is 6.92 Å². The van der Waals surface area contributed by atoms with Crippen molar-refractivity contribution in [2.24, 2.45) is 11.8 Å². The molecule has 2 atom stereocenters. The van der Waals surface area contributed by atoms with Gasteiger partial charge in [0.1, 0.15) is 0 Å². The van der Waals surface area contributed by atoms with Gasteiger partial charge in [0.15, 0.2) is 0 Å². The first-order chi connectivity index (χ1) is 4.61. The molecule has 0 radical (unpaired) electrons. The quantitative estimate of drug-likeness (QED) is 0.545. The molecule has 0 aromatic carbocycles. The van der Waals surface area contributed by atoms with Gasteiger partial charge >= 0.3 is 0 Å². The number of likely N-dealkylation sites (tertiary alicyclic amines) is 1. The second kappa shape index (κ2) is 2.82. The van der Waals surface area contributed by atoms with E-state index in [1.165, 1.54) is 0 Å². The number of halogens is 2. The van der Waals surface area contributed by atoms with Gasteiger partial charge in [-0.15, -0.1) is 0 Å². The summed E-state index contributed by atoms with van der Waals surface area (Å²) in [7, 11) is 1.89. The van der Waals surface area contributed by atoms with Crippen molar-refractivity contribution in [3.63, 3.8) is 0 Å². The summed E-state index contributed by atoms with van der Waals surface area (Å²) in [5, 5.41) is 0. The molecule has 60 valence electrons. The van der Waals surface area contributed by atoms with Gasteiger partial charge in [-0.05, 0) is 13.0 Å². The smallest absolute Gasteiger partial charge is 0.242 e. The summed E-state index contributed by atoms with van der Waals surface area (Å²) in [5.41, 5.74) is 0.